The van der Waals surface area contributed by atoms with Gasteiger partial charge in [-0.1, -0.05) is 30.3 Å². The molecular weight excluding hydrogens is 320 g/mol. The van der Waals surface area contributed by atoms with E-state index in [2.05, 4.69) is 67.9 Å². The quantitative estimate of drug-likeness (QED) is 0.920. The highest BCUT2D eigenvalue weighted by molar-refractivity contribution is 9.10. The fourth-order valence-corrected chi connectivity index (χ4v) is 4.05. The molecule has 100 valence electrons. The third kappa shape index (κ3) is 3.26. The van der Waals surface area contributed by atoms with Crippen LogP contribution in [0.4, 0.5) is 0 Å². The molecule has 1 N–H and O–H groups in total. The van der Waals surface area contributed by atoms with Crippen molar-refractivity contribution in [2.75, 3.05) is 19.6 Å². The number of benzene rings is 1. The molecule has 2 aromatic rings. The molecule has 2 nitrogen and oxygen atoms in total. The lowest BCUT2D eigenvalue weighted by Crippen LogP contribution is -2.45. The van der Waals surface area contributed by atoms with Crippen LogP contribution in [0.15, 0.2) is 46.3 Å². The highest BCUT2D eigenvalue weighted by atomic mass is 79.9. The van der Waals surface area contributed by atoms with Crippen molar-refractivity contribution in [2.45, 2.75) is 12.6 Å². The molecule has 1 atom stereocenters. The van der Waals surface area contributed by atoms with E-state index < -0.39 is 0 Å². The number of piperazine rings is 1. The van der Waals surface area contributed by atoms with E-state index in [1.54, 1.807) is 0 Å². The van der Waals surface area contributed by atoms with Crippen LogP contribution >= 0.6 is 27.3 Å². The predicted octanol–water partition coefficient (Wildman–Crippen LogP) is 3.66. The second kappa shape index (κ2) is 6.18. The topological polar surface area (TPSA) is 15.3 Å². The van der Waals surface area contributed by atoms with Gasteiger partial charge < -0.3 is 5.32 Å². The van der Waals surface area contributed by atoms with Crippen molar-refractivity contribution in [1.29, 1.82) is 0 Å². The summed E-state index contributed by atoms with van der Waals surface area (Å²) in [5, 5.41) is 5.67. The van der Waals surface area contributed by atoms with Gasteiger partial charge in [-0.25, -0.2) is 0 Å². The fourth-order valence-electron chi connectivity index (χ4n) is 2.58. The van der Waals surface area contributed by atoms with Crippen LogP contribution in [-0.2, 0) is 6.54 Å². The second-order valence-electron chi connectivity index (χ2n) is 4.83. The van der Waals surface area contributed by atoms with Gasteiger partial charge in [-0.05, 0) is 27.6 Å². The van der Waals surface area contributed by atoms with E-state index in [-0.39, 0.29) is 0 Å². The molecule has 0 aliphatic carbocycles. The average Bonchev–Trinajstić information content (AvgIpc) is 2.86. The molecule has 1 aromatic heterocycles. The van der Waals surface area contributed by atoms with Crippen LogP contribution in [0.2, 0.25) is 0 Å². The Morgan fingerprint density at radius 3 is 2.89 bits per heavy atom. The molecular formula is C15H17BrN2S. The molecule has 0 spiro atoms. The lowest BCUT2D eigenvalue weighted by Gasteiger charge is -2.36. The van der Waals surface area contributed by atoms with Crippen molar-refractivity contribution in [3.63, 3.8) is 0 Å². The molecule has 0 radical (unpaired) electrons. The Balaban J connectivity index is 1.77. The van der Waals surface area contributed by atoms with Crippen molar-refractivity contribution in [3.8, 4) is 0 Å². The molecule has 0 saturated carbocycles. The van der Waals surface area contributed by atoms with Crippen molar-refractivity contribution in [3.05, 3.63) is 56.7 Å². The summed E-state index contributed by atoms with van der Waals surface area (Å²) in [5.74, 6) is 0. The first-order valence-corrected chi connectivity index (χ1v) is 8.23. The lowest BCUT2D eigenvalue weighted by molar-refractivity contribution is 0.155. The number of rotatable bonds is 3. The maximum atomic E-state index is 3.54. The molecule has 1 aromatic carbocycles. The summed E-state index contributed by atoms with van der Waals surface area (Å²) in [7, 11) is 0. The molecule has 1 unspecified atom stereocenters. The maximum Gasteiger partial charge on any atom is 0.0477 e. The second-order valence-corrected chi connectivity index (χ2v) is 6.74. The molecule has 4 heteroatoms. The highest BCUT2D eigenvalue weighted by Crippen LogP contribution is 2.27. The number of nitrogens with one attached hydrogen (secondary N) is 1. The molecule has 3 rings (SSSR count). The van der Waals surface area contributed by atoms with E-state index in [1.807, 2.05) is 11.3 Å². The number of nitrogens with zero attached hydrogens (tertiary/aromatic N) is 1. The van der Waals surface area contributed by atoms with Gasteiger partial charge in [0.1, 0.15) is 0 Å². The number of thiophene rings is 1. The van der Waals surface area contributed by atoms with E-state index in [4.69, 9.17) is 0 Å². The molecule has 1 saturated heterocycles. The fraction of sp³-hybridized carbons (Fsp3) is 0.333. The van der Waals surface area contributed by atoms with Crippen LogP contribution in [-0.4, -0.2) is 24.5 Å². The van der Waals surface area contributed by atoms with Gasteiger partial charge in [0.15, 0.2) is 0 Å². The van der Waals surface area contributed by atoms with E-state index in [0.717, 1.165) is 26.2 Å². The molecule has 0 amide bonds. The van der Waals surface area contributed by atoms with Crippen LogP contribution in [0.1, 0.15) is 16.5 Å². The third-order valence-corrected chi connectivity index (χ3v) is 5.20. The molecule has 0 bridgehead atoms. The van der Waals surface area contributed by atoms with Crippen molar-refractivity contribution in [1.82, 2.24) is 10.2 Å². The molecule has 19 heavy (non-hydrogen) atoms. The average molecular weight is 337 g/mol. The summed E-state index contributed by atoms with van der Waals surface area (Å²) >= 11 is 5.37. The van der Waals surface area contributed by atoms with Gasteiger partial charge in [0.2, 0.25) is 0 Å². The molecule has 1 fully saturated rings. The summed E-state index contributed by atoms with van der Waals surface area (Å²) in [6.45, 7) is 4.26. The molecule has 1 aliphatic rings. The van der Waals surface area contributed by atoms with Gasteiger partial charge in [-0.3, -0.25) is 4.90 Å². The molecule has 1 aliphatic heterocycles. The van der Waals surface area contributed by atoms with E-state index >= 15 is 0 Å². The Kier molecular flexibility index (Phi) is 4.33. The van der Waals surface area contributed by atoms with Crippen molar-refractivity contribution in [2.24, 2.45) is 0 Å². The minimum Gasteiger partial charge on any atom is -0.314 e. The Morgan fingerprint density at radius 1 is 1.32 bits per heavy atom. The largest absolute Gasteiger partial charge is 0.314 e. The number of hydrogen-bond donors (Lipinski definition) is 1. The zero-order chi connectivity index (χ0) is 13.1. The zero-order valence-corrected chi connectivity index (χ0v) is 13.1. The highest BCUT2D eigenvalue weighted by Gasteiger charge is 2.23. The van der Waals surface area contributed by atoms with Gasteiger partial charge in [-0.15, -0.1) is 11.3 Å². The van der Waals surface area contributed by atoms with Gasteiger partial charge >= 0.3 is 0 Å². The zero-order valence-electron chi connectivity index (χ0n) is 10.7. The summed E-state index contributed by atoms with van der Waals surface area (Å²) in [4.78, 5) is 4.00. The minimum absolute atomic E-state index is 0.482. The standard InChI is InChI=1S/C15H17BrN2S/c16-13-8-14(19-11-13)10-18-7-6-17-9-15(18)12-4-2-1-3-5-12/h1-5,8,11,15,17H,6-7,9-10H2. The summed E-state index contributed by atoms with van der Waals surface area (Å²) < 4.78 is 1.19. The Hall–Kier alpha value is -0.680. The number of hydrogen-bond acceptors (Lipinski definition) is 3. The predicted molar refractivity (Wildman–Crippen MR) is 84.5 cm³/mol. The van der Waals surface area contributed by atoms with E-state index in [9.17, 15) is 0 Å². The number of halogens is 1. The third-order valence-electron chi connectivity index (χ3n) is 3.52. The summed E-state index contributed by atoms with van der Waals surface area (Å²) in [6, 6.07) is 13.5. The first-order chi connectivity index (χ1) is 9.33. The first-order valence-electron chi connectivity index (χ1n) is 6.55. The SMILES string of the molecule is Brc1csc(CN2CCNCC2c2ccccc2)c1. The van der Waals surface area contributed by atoms with Gasteiger partial charge in [0.05, 0.1) is 0 Å². The lowest BCUT2D eigenvalue weighted by atomic mass is 10.0. The van der Waals surface area contributed by atoms with Crippen LogP contribution in [0.3, 0.4) is 0 Å². The summed E-state index contributed by atoms with van der Waals surface area (Å²) in [6.07, 6.45) is 0. The van der Waals surface area contributed by atoms with Crippen molar-refractivity contribution < 1.29 is 0 Å². The maximum absolute atomic E-state index is 3.54. The van der Waals surface area contributed by atoms with Crippen LogP contribution in [0.25, 0.3) is 0 Å². The van der Waals surface area contributed by atoms with Crippen LogP contribution in [0, 0.1) is 0 Å². The Labute approximate surface area is 126 Å². The summed E-state index contributed by atoms with van der Waals surface area (Å²) in [5.41, 5.74) is 1.41. The van der Waals surface area contributed by atoms with Gasteiger partial charge in [0, 0.05) is 47.0 Å². The normalized spacial score (nSPS) is 20.6. The first kappa shape index (κ1) is 13.3. The Bertz CT molecular complexity index is 526. The smallest absolute Gasteiger partial charge is 0.0477 e. The monoisotopic (exact) mass is 336 g/mol. The Morgan fingerprint density at radius 2 is 2.16 bits per heavy atom. The molecule has 2 heterocycles. The van der Waals surface area contributed by atoms with Crippen molar-refractivity contribution >= 4 is 27.3 Å². The van der Waals surface area contributed by atoms with Gasteiger partial charge in [0.25, 0.3) is 0 Å². The van der Waals surface area contributed by atoms with E-state index in [1.165, 1.54) is 14.9 Å². The van der Waals surface area contributed by atoms with Crippen LogP contribution in [0.5, 0.6) is 0 Å². The van der Waals surface area contributed by atoms with Crippen LogP contribution < -0.4 is 5.32 Å². The van der Waals surface area contributed by atoms with E-state index in [0.29, 0.717) is 6.04 Å². The van der Waals surface area contributed by atoms with Gasteiger partial charge in [-0.2, -0.15) is 0 Å². The minimum atomic E-state index is 0.482.